The first-order chi connectivity index (χ1) is 18.3. The zero-order valence-corrected chi connectivity index (χ0v) is 22.4. The highest BCUT2D eigenvalue weighted by molar-refractivity contribution is 7.86. The molecule has 2 heterocycles. The molecular weight excluding hydrogens is 531 g/mol. The Kier molecular flexibility index (Phi) is 7.58. The summed E-state index contributed by atoms with van der Waals surface area (Å²) in [4.78, 5) is 2.12. The summed E-state index contributed by atoms with van der Waals surface area (Å²) >= 11 is 0. The van der Waals surface area contributed by atoms with Gasteiger partial charge in [0.15, 0.2) is 17.2 Å². The molecule has 0 aliphatic rings. The molecule has 7 nitrogen and oxygen atoms in total. The number of hydrogen-bond acceptors (Lipinski definition) is 5. The summed E-state index contributed by atoms with van der Waals surface area (Å²) in [5.74, 6) is 0.858. The molecule has 0 saturated carbocycles. The van der Waals surface area contributed by atoms with Gasteiger partial charge in [0.1, 0.15) is 16.8 Å². The monoisotopic (exact) mass is 557 g/mol. The molecule has 5 rings (SSSR count). The summed E-state index contributed by atoms with van der Waals surface area (Å²) in [6.45, 7) is 0. The zero-order valence-electron chi connectivity index (χ0n) is 21.6. The maximum absolute atomic E-state index is 10.7. The van der Waals surface area contributed by atoms with Crippen molar-refractivity contribution in [3.8, 4) is 17.0 Å². The van der Waals surface area contributed by atoms with Gasteiger partial charge in [0.2, 0.25) is 5.69 Å². The lowest BCUT2D eigenvalue weighted by molar-refractivity contribution is -0.725. The number of ether oxygens (including phenoxy) is 1. The number of rotatable bonds is 4. The highest BCUT2D eigenvalue weighted by Crippen LogP contribution is 2.25. The first-order valence-corrected chi connectivity index (χ1v) is 13.1. The Morgan fingerprint density at radius 1 is 0.949 bits per heavy atom. The topological polar surface area (TPSA) is 78.0 Å². The van der Waals surface area contributed by atoms with Gasteiger partial charge in [-0.2, -0.15) is 13.2 Å². The van der Waals surface area contributed by atoms with Gasteiger partial charge in [-0.05, 0) is 48.0 Å². The van der Waals surface area contributed by atoms with E-state index in [0.29, 0.717) is 0 Å². The summed E-state index contributed by atoms with van der Waals surface area (Å²) < 4.78 is 68.9. The van der Waals surface area contributed by atoms with Gasteiger partial charge < -0.3 is 14.2 Å². The normalized spacial score (nSPS) is 12.5. The van der Waals surface area contributed by atoms with E-state index < -0.39 is 15.6 Å². The lowest BCUT2D eigenvalue weighted by Crippen LogP contribution is -2.36. The Morgan fingerprint density at radius 3 is 2.10 bits per heavy atom. The number of halogens is 3. The van der Waals surface area contributed by atoms with Crippen molar-refractivity contribution >= 4 is 38.3 Å². The van der Waals surface area contributed by atoms with Crippen LogP contribution >= 0.6 is 0 Å². The van der Waals surface area contributed by atoms with E-state index >= 15 is 0 Å². The Hall–Kier alpha value is -4.09. The van der Waals surface area contributed by atoms with Crippen LogP contribution in [0, 0.1) is 0 Å². The van der Waals surface area contributed by atoms with E-state index in [0.717, 1.165) is 11.3 Å². The maximum Gasteiger partial charge on any atom is 0.485 e. The van der Waals surface area contributed by atoms with Crippen molar-refractivity contribution in [3.63, 3.8) is 0 Å². The van der Waals surface area contributed by atoms with Gasteiger partial charge in [0.25, 0.3) is 0 Å². The summed E-state index contributed by atoms with van der Waals surface area (Å²) in [5.41, 5.74) is 1.42. The molecule has 204 valence electrons. The minimum atomic E-state index is -6.09. The van der Waals surface area contributed by atoms with Crippen molar-refractivity contribution in [1.82, 2.24) is 4.52 Å². The molecule has 39 heavy (non-hydrogen) atoms. The number of benzene rings is 3. The lowest BCUT2D eigenvalue weighted by atomic mass is 10.1. The molecule has 0 aliphatic carbocycles. The Balaban J connectivity index is 0.000000386. The second-order valence-electron chi connectivity index (χ2n) is 8.94. The van der Waals surface area contributed by atoms with E-state index in [9.17, 15) is 13.2 Å². The van der Waals surface area contributed by atoms with Crippen LogP contribution < -0.4 is 19.5 Å². The van der Waals surface area contributed by atoms with Gasteiger partial charge in [0.05, 0.1) is 7.11 Å². The van der Waals surface area contributed by atoms with Gasteiger partial charge in [-0.15, -0.1) is 9.20 Å². The minimum absolute atomic E-state index is 0.858. The predicted octanol–water partition coefficient (Wildman–Crippen LogP) is 4.26. The largest absolute Gasteiger partial charge is 0.741 e. The van der Waals surface area contributed by atoms with Crippen LogP contribution in [0.5, 0.6) is 5.75 Å². The van der Waals surface area contributed by atoms with Crippen molar-refractivity contribution in [3.05, 3.63) is 89.6 Å². The third kappa shape index (κ3) is 5.69. The Morgan fingerprint density at radius 2 is 1.56 bits per heavy atom. The third-order valence-electron chi connectivity index (χ3n) is 6.22. The molecule has 0 atom stereocenters. The molecule has 0 fully saturated rings. The van der Waals surface area contributed by atoms with E-state index in [1.54, 1.807) is 7.11 Å². The van der Waals surface area contributed by atoms with Crippen LogP contribution in [0.25, 0.3) is 33.8 Å². The molecule has 0 unspecified atom stereocenters. The number of aryl methyl sites for hydroxylation is 1. The zero-order chi connectivity index (χ0) is 28.5. The van der Waals surface area contributed by atoms with E-state index in [1.165, 1.54) is 38.6 Å². The van der Waals surface area contributed by atoms with E-state index in [1.807, 2.05) is 6.07 Å². The molecule has 0 radical (unpaired) electrons. The first-order valence-electron chi connectivity index (χ1n) is 11.7. The molecule has 11 heteroatoms. The fourth-order valence-electron chi connectivity index (χ4n) is 4.28. The molecule has 0 aliphatic heterocycles. The van der Waals surface area contributed by atoms with Crippen molar-refractivity contribution < 1.29 is 35.6 Å². The number of aromatic nitrogens is 2. The number of nitrogens with zero attached hydrogens (tertiary/aromatic N) is 3. The second kappa shape index (κ2) is 10.6. The molecule has 0 spiro atoms. The van der Waals surface area contributed by atoms with Gasteiger partial charge in [-0.1, -0.05) is 30.3 Å². The summed E-state index contributed by atoms with van der Waals surface area (Å²) in [7, 11) is 1.86. The van der Waals surface area contributed by atoms with Crippen molar-refractivity contribution in [2.24, 2.45) is 7.05 Å². The van der Waals surface area contributed by atoms with E-state index in [2.05, 4.69) is 114 Å². The average molecular weight is 558 g/mol. The smallest absolute Gasteiger partial charge is 0.485 e. The van der Waals surface area contributed by atoms with Gasteiger partial charge in [-0.25, -0.2) is 8.42 Å². The number of anilines is 1. The quantitative estimate of drug-likeness (QED) is 0.188. The highest BCUT2D eigenvalue weighted by atomic mass is 32.2. The molecule has 0 N–H and O–H groups in total. The van der Waals surface area contributed by atoms with E-state index in [-0.39, 0.29) is 0 Å². The molecule has 0 bridgehead atoms. The van der Waals surface area contributed by atoms with Crippen LogP contribution in [0.15, 0.2) is 78.9 Å². The standard InChI is InChI=1S/C27H26N3O.CHF3O3S/c1-28(2)21-12-10-19(11-13-21)16-24-23-15-14-22(31-4)17-26(23)30-27(24)18-25(29(30)3)20-8-6-5-7-9-20;2-1(3,4)8(5,6)7/h5-18H,1-4H3;(H,5,6,7)/q+1;/p-1. The van der Waals surface area contributed by atoms with Crippen LogP contribution in [0.2, 0.25) is 0 Å². The number of alkyl halides is 3. The first kappa shape index (κ1) is 27.9. The van der Waals surface area contributed by atoms with Crippen molar-refractivity contribution in [2.75, 3.05) is 26.1 Å². The summed E-state index contributed by atoms with van der Waals surface area (Å²) in [6.07, 6.45) is 2.28. The molecule has 5 aromatic rings. The van der Waals surface area contributed by atoms with Gasteiger partial charge in [-0.3, -0.25) is 0 Å². The minimum Gasteiger partial charge on any atom is -0.741 e. The number of hydrogen-bond donors (Lipinski definition) is 0. The van der Waals surface area contributed by atoms with Crippen LogP contribution in [0.1, 0.15) is 5.56 Å². The van der Waals surface area contributed by atoms with Crippen LogP contribution in [-0.2, 0) is 17.2 Å². The van der Waals surface area contributed by atoms with Gasteiger partial charge >= 0.3 is 5.51 Å². The lowest BCUT2D eigenvalue weighted by Gasteiger charge is -2.11. The number of fused-ring (bicyclic) bond motifs is 3. The van der Waals surface area contributed by atoms with Crippen LogP contribution in [0.3, 0.4) is 0 Å². The second-order valence-corrected chi connectivity index (χ2v) is 10.3. The molecule has 3 aromatic carbocycles. The summed E-state index contributed by atoms with van der Waals surface area (Å²) in [6, 6.07) is 27.8. The third-order valence-corrected chi connectivity index (χ3v) is 6.79. The van der Waals surface area contributed by atoms with Crippen molar-refractivity contribution in [1.29, 1.82) is 0 Å². The van der Waals surface area contributed by atoms with Crippen LogP contribution in [0.4, 0.5) is 18.9 Å². The highest BCUT2D eigenvalue weighted by Gasteiger charge is 2.37. The van der Waals surface area contributed by atoms with Gasteiger partial charge in [0, 0.05) is 48.1 Å². The Labute approximate surface area is 223 Å². The predicted molar refractivity (Wildman–Crippen MR) is 143 cm³/mol. The SMILES string of the molecule is COc1ccc2/c(=C/c3ccc(N(C)C)cc3)c3cc(-c4ccccc4)[n+](C)n3c2c1.O=S(=O)([O-])C(F)(F)F. The fourth-order valence-corrected chi connectivity index (χ4v) is 4.28. The van der Waals surface area contributed by atoms with E-state index in [4.69, 9.17) is 17.7 Å². The molecule has 0 amide bonds. The fraction of sp³-hybridized carbons (Fsp3) is 0.179. The summed E-state index contributed by atoms with van der Waals surface area (Å²) in [5, 5.41) is 2.43. The molecule has 2 aromatic heterocycles. The average Bonchev–Trinajstić information content (AvgIpc) is 3.38. The Bertz CT molecular complexity index is 1780. The molecule has 0 saturated heterocycles. The van der Waals surface area contributed by atoms with Crippen molar-refractivity contribution in [2.45, 2.75) is 5.51 Å². The maximum atomic E-state index is 10.7. The molecular formula is C28H26F3N3O4S. The number of methoxy groups -OCH3 is 1. The van der Waals surface area contributed by atoms with Crippen LogP contribution in [-0.4, -0.2) is 44.2 Å².